The van der Waals surface area contributed by atoms with Gasteiger partial charge in [-0.05, 0) is 36.2 Å². The molecule has 0 fully saturated rings. The van der Waals surface area contributed by atoms with Gasteiger partial charge in [0.05, 0.1) is 13.2 Å². The van der Waals surface area contributed by atoms with Crippen LogP contribution < -0.4 is 9.47 Å². The molecule has 1 heterocycles. The minimum absolute atomic E-state index is 0.210. The van der Waals surface area contributed by atoms with Gasteiger partial charge >= 0.3 is 0 Å². The smallest absolute Gasteiger partial charge is 0.129 e. The lowest BCUT2D eigenvalue weighted by molar-refractivity contribution is 0.0655. The average Bonchev–Trinajstić information content (AvgIpc) is 2.49. The zero-order chi connectivity index (χ0) is 15.0. The van der Waals surface area contributed by atoms with Gasteiger partial charge in [-0.15, -0.1) is 0 Å². The van der Waals surface area contributed by atoms with Crippen molar-refractivity contribution in [3.8, 4) is 11.5 Å². The molecule has 0 spiro atoms. The number of methoxy groups -OCH3 is 1. The highest BCUT2D eigenvalue weighted by Gasteiger charge is 2.28. The summed E-state index contributed by atoms with van der Waals surface area (Å²) in [6, 6.07) is 11.3. The van der Waals surface area contributed by atoms with Gasteiger partial charge < -0.3 is 14.6 Å². The van der Waals surface area contributed by atoms with Crippen molar-refractivity contribution >= 4 is 11.6 Å². The SMILES string of the molecule is COc1ccc2c(c1)OC(c1ccc(C)c(Cl)c1)C[C@@H]2O. The minimum atomic E-state index is -0.551. The molecule has 0 radical (unpaired) electrons. The summed E-state index contributed by atoms with van der Waals surface area (Å²) in [7, 11) is 1.61. The summed E-state index contributed by atoms with van der Waals surface area (Å²) in [6.45, 7) is 1.96. The van der Waals surface area contributed by atoms with E-state index in [1.807, 2.05) is 37.3 Å². The Bertz CT molecular complexity index is 669. The van der Waals surface area contributed by atoms with Gasteiger partial charge in [-0.25, -0.2) is 0 Å². The van der Waals surface area contributed by atoms with E-state index in [9.17, 15) is 5.11 Å². The first kappa shape index (κ1) is 14.2. The second-order valence-corrected chi connectivity index (χ2v) is 5.68. The second-order valence-electron chi connectivity index (χ2n) is 5.27. The first-order valence-corrected chi connectivity index (χ1v) is 7.25. The molecule has 0 bridgehead atoms. The molecule has 1 aliphatic rings. The van der Waals surface area contributed by atoms with Crippen molar-refractivity contribution < 1.29 is 14.6 Å². The molecule has 0 amide bonds. The highest BCUT2D eigenvalue weighted by molar-refractivity contribution is 6.31. The third kappa shape index (κ3) is 2.71. The molecule has 1 N–H and O–H groups in total. The topological polar surface area (TPSA) is 38.7 Å². The van der Waals surface area contributed by atoms with E-state index < -0.39 is 6.10 Å². The van der Waals surface area contributed by atoms with Crippen molar-refractivity contribution in [2.75, 3.05) is 7.11 Å². The fourth-order valence-electron chi connectivity index (χ4n) is 2.56. The number of benzene rings is 2. The van der Waals surface area contributed by atoms with E-state index in [2.05, 4.69) is 0 Å². The highest BCUT2D eigenvalue weighted by atomic mass is 35.5. The molecule has 0 saturated heterocycles. The molecule has 3 rings (SSSR count). The average molecular weight is 305 g/mol. The number of hydrogen-bond donors (Lipinski definition) is 1. The summed E-state index contributed by atoms with van der Waals surface area (Å²) in [4.78, 5) is 0. The maximum Gasteiger partial charge on any atom is 0.129 e. The van der Waals surface area contributed by atoms with Crippen LogP contribution in [-0.2, 0) is 0 Å². The van der Waals surface area contributed by atoms with Crippen LogP contribution in [0.4, 0.5) is 0 Å². The zero-order valence-electron chi connectivity index (χ0n) is 12.0. The Hall–Kier alpha value is -1.71. The Morgan fingerprint density at radius 1 is 1.24 bits per heavy atom. The molecule has 4 heteroatoms. The fraction of sp³-hybridized carbons (Fsp3) is 0.294. The summed E-state index contributed by atoms with van der Waals surface area (Å²) >= 11 is 6.18. The Kier molecular flexibility index (Phi) is 3.79. The Morgan fingerprint density at radius 3 is 2.76 bits per heavy atom. The third-order valence-electron chi connectivity index (χ3n) is 3.85. The van der Waals surface area contributed by atoms with Crippen LogP contribution in [-0.4, -0.2) is 12.2 Å². The van der Waals surface area contributed by atoms with E-state index in [1.54, 1.807) is 13.2 Å². The fourth-order valence-corrected chi connectivity index (χ4v) is 2.75. The molecule has 2 atom stereocenters. The van der Waals surface area contributed by atoms with Crippen LogP contribution in [0.3, 0.4) is 0 Å². The third-order valence-corrected chi connectivity index (χ3v) is 4.26. The number of aryl methyl sites for hydroxylation is 1. The first-order chi connectivity index (χ1) is 10.1. The van der Waals surface area contributed by atoms with E-state index in [1.165, 1.54) is 0 Å². The summed E-state index contributed by atoms with van der Waals surface area (Å²) in [5, 5.41) is 11.0. The van der Waals surface area contributed by atoms with E-state index >= 15 is 0 Å². The number of aliphatic hydroxyl groups is 1. The van der Waals surface area contributed by atoms with Gasteiger partial charge in [0.1, 0.15) is 17.6 Å². The molecule has 2 aromatic carbocycles. The summed E-state index contributed by atoms with van der Waals surface area (Å²) in [5.41, 5.74) is 2.79. The lowest BCUT2D eigenvalue weighted by Crippen LogP contribution is -2.19. The van der Waals surface area contributed by atoms with Crippen molar-refractivity contribution in [2.45, 2.75) is 25.6 Å². The maximum absolute atomic E-state index is 10.3. The molecule has 1 unspecified atom stereocenters. The second kappa shape index (κ2) is 5.58. The molecule has 21 heavy (non-hydrogen) atoms. The van der Waals surface area contributed by atoms with Crippen molar-refractivity contribution in [2.24, 2.45) is 0 Å². The Balaban J connectivity index is 1.94. The number of rotatable bonds is 2. The van der Waals surface area contributed by atoms with Gasteiger partial charge in [0.25, 0.3) is 0 Å². The van der Waals surface area contributed by atoms with Crippen LogP contribution in [0.15, 0.2) is 36.4 Å². The quantitative estimate of drug-likeness (QED) is 0.903. The minimum Gasteiger partial charge on any atom is -0.497 e. The number of aliphatic hydroxyl groups excluding tert-OH is 1. The number of ether oxygens (including phenoxy) is 2. The summed E-state index contributed by atoms with van der Waals surface area (Å²) in [5.74, 6) is 1.37. The van der Waals surface area contributed by atoms with Crippen molar-refractivity contribution in [3.05, 3.63) is 58.1 Å². The molecular formula is C17H17ClO3. The van der Waals surface area contributed by atoms with Crippen LogP contribution in [0, 0.1) is 6.92 Å². The van der Waals surface area contributed by atoms with Crippen LogP contribution in [0.25, 0.3) is 0 Å². The van der Waals surface area contributed by atoms with Crippen LogP contribution in [0.1, 0.15) is 35.3 Å². The van der Waals surface area contributed by atoms with Gasteiger partial charge in [0.2, 0.25) is 0 Å². The standard InChI is InChI=1S/C17H17ClO3/c1-10-3-4-11(7-14(10)18)16-9-15(19)13-6-5-12(20-2)8-17(13)21-16/h3-8,15-16,19H,9H2,1-2H3/t15-,16?/m0/s1. The largest absolute Gasteiger partial charge is 0.497 e. The molecular weight excluding hydrogens is 288 g/mol. The van der Waals surface area contributed by atoms with Crippen LogP contribution >= 0.6 is 11.6 Å². The first-order valence-electron chi connectivity index (χ1n) is 6.87. The van der Waals surface area contributed by atoms with Gasteiger partial charge in [-0.3, -0.25) is 0 Å². The van der Waals surface area contributed by atoms with Gasteiger partial charge in [-0.2, -0.15) is 0 Å². The van der Waals surface area contributed by atoms with E-state index in [0.717, 1.165) is 16.7 Å². The van der Waals surface area contributed by atoms with E-state index in [4.69, 9.17) is 21.1 Å². The summed E-state index contributed by atoms with van der Waals surface area (Å²) in [6.07, 6.45) is -0.249. The highest BCUT2D eigenvalue weighted by Crippen LogP contribution is 2.42. The Morgan fingerprint density at radius 2 is 2.05 bits per heavy atom. The molecule has 1 aliphatic heterocycles. The van der Waals surface area contributed by atoms with Crippen molar-refractivity contribution in [1.29, 1.82) is 0 Å². The van der Waals surface area contributed by atoms with Gasteiger partial charge in [0, 0.05) is 23.1 Å². The summed E-state index contributed by atoms with van der Waals surface area (Å²) < 4.78 is 11.2. The van der Waals surface area contributed by atoms with Gasteiger partial charge in [0.15, 0.2) is 0 Å². The predicted octanol–water partition coefficient (Wildman–Crippen LogP) is 4.21. The van der Waals surface area contributed by atoms with E-state index in [0.29, 0.717) is 22.9 Å². The van der Waals surface area contributed by atoms with Crippen molar-refractivity contribution in [1.82, 2.24) is 0 Å². The van der Waals surface area contributed by atoms with Crippen molar-refractivity contribution in [3.63, 3.8) is 0 Å². The molecule has 0 aliphatic carbocycles. The van der Waals surface area contributed by atoms with Crippen LogP contribution in [0.5, 0.6) is 11.5 Å². The monoisotopic (exact) mass is 304 g/mol. The predicted molar refractivity (Wildman–Crippen MR) is 82.1 cm³/mol. The Labute approximate surface area is 129 Å². The normalized spacial score (nSPS) is 20.6. The van der Waals surface area contributed by atoms with Gasteiger partial charge in [-0.1, -0.05) is 23.7 Å². The van der Waals surface area contributed by atoms with E-state index in [-0.39, 0.29) is 6.10 Å². The number of halogens is 1. The molecule has 0 saturated carbocycles. The van der Waals surface area contributed by atoms with Crippen LogP contribution in [0.2, 0.25) is 5.02 Å². The lowest BCUT2D eigenvalue weighted by atomic mass is 9.94. The molecule has 3 nitrogen and oxygen atoms in total. The molecule has 2 aromatic rings. The maximum atomic E-state index is 10.3. The molecule has 0 aromatic heterocycles. The molecule has 110 valence electrons. The zero-order valence-corrected chi connectivity index (χ0v) is 12.7. The lowest BCUT2D eigenvalue weighted by Gasteiger charge is -2.30. The number of fused-ring (bicyclic) bond motifs is 1. The number of hydrogen-bond acceptors (Lipinski definition) is 3.